The molecule has 0 N–H and O–H groups in total. The summed E-state index contributed by atoms with van der Waals surface area (Å²) in [5, 5.41) is 4.14. The maximum atomic E-state index is 12.5. The number of hydrogen-bond donors (Lipinski definition) is 0. The highest BCUT2D eigenvalue weighted by Crippen LogP contribution is 2.26. The summed E-state index contributed by atoms with van der Waals surface area (Å²) in [4.78, 5) is 23.0. The van der Waals surface area contributed by atoms with Gasteiger partial charge in [-0.25, -0.2) is 0 Å². The zero-order valence-electron chi connectivity index (χ0n) is 14.1. The van der Waals surface area contributed by atoms with Crippen LogP contribution in [0.5, 0.6) is 0 Å². The Labute approximate surface area is 146 Å². The molecule has 7 nitrogen and oxygen atoms in total. The van der Waals surface area contributed by atoms with Crippen LogP contribution in [0.25, 0.3) is 0 Å². The lowest BCUT2D eigenvalue weighted by Gasteiger charge is -2.18. The largest absolute Gasteiger partial charge is 0.381 e. The van der Waals surface area contributed by atoms with Crippen LogP contribution >= 0.6 is 0 Å². The number of likely N-dealkylation sites (tertiary alicyclic amines) is 1. The molecule has 2 fully saturated rings. The molecular formula is C18H22N4O3. The van der Waals surface area contributed by atoms with E-state index in [1.54, 1.807) is 12.3 Å². The third kappa shape index (κ3) is 3.71. The fourth-order valence-corrected chi connectivity index (χ4v) is 3.55. The Morgan fingerprint density at radius 2 is 2.12 bits per heavy atom. The van der Waals surface area contributed by atoms with Crippen molar-refractivity contribution < 1.29 is 14.1 Å². The molecule has 1 atom stereocenters. The minimum atomic E-state index is -0.000827. The Morgan fingerprint density at radius 3 is 2.92 bits per heavy atom. The molecule has 25 heavy (non-hydrogen) atoms. The normalized spacial score (nSPS) is 21.6. The Hall–Kier alpha value is -2.28. The van der Waals surface area contributed by atoms with Crippen molar-refractivity contribution in [3.05, 3.63) is 41.8 Å². The first-order valence-electron chi connectivity index (χ1n) is 8.90. The van der Waals surface area contributed by atoms with Crippen LogP contribution < -0.4 is 0 Å². The summed E-state index contributed by atoms with van der Waals surface area (Å²) in [6.07, 6.45) is 5.24. The van der Waals surface area contributed by atoms with Crippen LogP contribution in [0.15, 0.2) is 28.9 Å². The van der Waals surface area contributed by atoms with Crippen molar-refractivity contribution in [2.24, 2.45) is 5.92 Å². The molecule has 7 heteroatoms. The van der Waals surface area contributed by atoms with E-state index in [9.17, 15) is 4.79 Å². The quantitative estimate of drug-likeness (QED) is 0.846. The minimum Gasteiger partial charge on any atom is -0.381 e. The van der Waals surface area contributed by atoms with E-state index in [1.165, 1.54) is 0 Å². The molecular weight excluding hydrogens is 320 g/mol. The number of amides is 1. The number of rotatable bonds is 4. The minimum absolute atomic E-state index is 0.000827. The van der Waals surface area contributed by atoms with E-state index < -0.39 is 0 Å². The molecule has 2 aliphatic rings. The van der Waals surface area contributed by atoms with Gasteiger partial charge in [-0.3, -0.25) is 9.78 Å². The van der Waals surface area contributed by atoms with Crippen LogP contribution in [-0.4, -0.2) is 52.2 Å². The van der Waals surface area contributed by atoms with Crippen molar-refractivity contribution in [3.63, 3.8) is 0 Å². The molecule has 0 aliphatic carbocycles. The van der Waals surface area contributed by atoms with Gasteiger partial charge >= 0.3 is 0 Å². The number of pyridine rings is 1. The van der Waals surface area contributed by atoms with Crippen LogP contribution in [0.4, 0.5) is 0 Å². The van der Waals surface area contributed by atoms with Crippen LogP contribution in [-0.2, 0) is 11.2 Å². The van der Waals surface area contributed by atoms with Crippen molar-refractivity contribution in [1.82, 2.24) is 20.0 Å². The van der Waals surface area contributed by atoms with Gasteiger partial charge in [0.25, 0.3) is 5.91 Å². The standard InChI is InChI=1S/C18H22N4O3/c23-18(15-3-1-2-7-19-15)22-8-4-13(12-22)11-16-20-17(25-21-16)14-5-9-24-10-6-14/h1-3,7,13-14H,4-6,8-12H2. The van der Waals surface area contributed by atoms with E-state index in [1.807, 2.05) is 17.0 Å². The summed E-state index contributed by atoms with van der Waals surface area (Å²) >= 11 is 0. The lowest BCUT2D eigenvalue weighted by Crippen LogP contribution is -2.29. The zero-order valence-corrected chi connectivity index (χ0v) is 14.1. The van der Waals surface area contributed by atoms with Gasteiger partial charge in [0.05, 0.1) is 0 Å². The molecule has 0 aromatic carbocycles. The van der Waals surface area contributed by atoms with Crippen molar-refractivity contribution in [2.75, 3.05) is 26.3 Å². The maximum absolute atomic E-state index is 12.5. The van der Waals surface area contributed by atoms with Gasteiger partial charge in [0.1, 0.15) is 5.69 Å². The average molecular weight is 342 g/mol. The van der Waals surface area contributed by atoms with E-state index in [2.05, 4.69) is 15.1 Å². The summed E-state index contributed by atoms with van der Waals surface area (Å²) in [5.41, 5.74) is 0.504. The van der Waals surface area contributed by atoms with Gasteiger partial charge in [-0.1, -0.05) is 11.2 Å². The molecule has 0 radical (unpaired) electrons. The monoisotopic (exact) mass is 342 g/mol. The van der Waals surface area contributed by atoms with Gasteiger partial charge in [-0.05, 0) is 37.3 Å². The van der Waals surface area contributed by atoms with Crippen LogP contribution in [0, 0.1) is 5.92 Å². The fourth-order valence-electron chi connectivity index (χ4n) is 3.55. The molecule has 132 valence electrons. The second kappa shape index (κ2) is 7.31. The topological polar surface area (TPSA) is 81.4 Å². The van der Waals surface area contributed by atoms with Crippen LogP contribution in [0.1, 0.15) is 47.4 Å². The molecule has 4 heterocycles. The Morgan fingerprint density at radius 1 is 1.24 bits per heavy atom. The summed E-state index contributed by atoms with van der Waals surface area (Å²) in [6, 6.07) is 5.41. The predicted molar refractivity (Wildman–Crippen MR) is 89.0 cm³/mol. The van der Waals surface area contributed by atoms with Crippen LogP contribution in [0.3, 0.4) is 0 Å². The first kappa shape index (κ1) is 16.2. The number of aromatic nitrogens is 3. The van der Waals surface area contributed by atoms with Gasteiger partial charge in [-0.15, -0.1) is 0 Å². The average Bonchev–Trinajstić information content (AvgIpc) is 3.33. The van der Waals surface area contributed by atoms with E-state index in [0.29, 0.717) is 17.5 Å². The highest BCUT2D eigenvalue weighted by Gasteiger charge is 2.29. The smallest absolute Gasteiger partial charge is 0.272 e. The Bertz CT molecular complexity index is 712. The van der Waals surface area contributed by atoms with Crippen molar-refractivity contribution in [2.45, 2.75) is 31.6 Å². The second-order valence-electron chi connectivity index (χ2n) is 6.76. The lowest BCUT2D eigenvalue weighted by molar-refractivity contribution is 0.0777. The first-order chi connectivity index (χ1) is 12.3. The first-order valence-corrected chi connectivity index (χ1v) is 8.90. The summed E-state index contributed by atoms with van der Waals surface area (Å²) in [6.45, 7) is 2.99. The fraction of sp³-hybridized carbons (Fsp3) is 0.556. The SMILES string of the molecule is O=C(c1ccccn1)N1CCC(Cc2noc(C3CCOCC3)n2)C1. The summed E-state index contributed by atoms with van der Waals surface area (Å²) in [5.74, 6) is 2.17. The number of nitrogens with zero attached hydrogens (tertiary/aromatic N) is 4. The summed E-state index contributed by atoms with van der Waals surface area (Å²) in [7, 11) is 0. The van der Waals surface area contributed by atoms with E-state index in [4.69, 9.17) is 9.26 Å². The highest BCUT2D eigenvalue weighted by atomic mass is 16.5. The van der Waals surface area contributed by atoms with Gasteiger partial charge in [0.2, 0.25) is 5.89 Å². The predicted octanol–water partition coefficient (Wildman–Crippen LogP) is 2.06. The third-order valence-electron chi connectivity index (χ3n) is 4.98. The van der Waals surface area contributed by atoms with Crippen molar-refractivity contribution >= 4 is 5.91 Å². The Kier molecular flexibility index (Phi) is 4.74. The number of ether oxygens (including phenoxy) is 1. The Balaban J connectivity index is 1.33. The molecule has 2 aliphatic heterocycles. The molecule has 1 unspecified atom stereocenters. The number of hydrogen-bond acceptors (Lipinski definition) is 6. The number of carbonyl (C=O) groups is 1. The molecule has 0 bridgehead atoms. The molecule has 2 aromatic heterocycles. The van der Waals surface area contributed by atoms with Crippen molar-refractivity contribution in [1.29, 1.82) is 0 Å². The molecule has 2 aromatic rings. The zero-order chi connectivity index (χ0) is 17.1. The third-order valence-corrected chi connectivity index (χ3v) is 4.98. The molecule has 4 rings (SSSR count). The van der Waals surface area contributed by atoms with Gasteiger partial charge in [0, 0.05) is 44.8 Å². The number of carbonyl (C=O) groups excluding carboxylic acids is 1. The molecule has 2 saturated heterocycles. The molecule has 0 saturated carbocycles. The molecule has 0 spiro atoms. The van der Waals surface area contributed by atoms with Gasteiger partial charge in [-0.2, -0.15) is 4.98 Å². The van der Waals surface area contributed by atoms with E-state index >= 15 is 0 Å². The highest BCUT2D eigenvalue weighted by molar-refractivity contribution is 5.92. The maximum Gasteiger partial charge on any atom is 0.272 e. The van der Waals surface area contributed by atoms with Gasteiger partial charge in [0.15, 0.2) is 5.82 Å². The van der Waals surface area contributed by atoms with E-state index in [0.717, 1.165) is 63.7 Å². The summed E-state index contributed by atoms with van der Waals surface area (Å²) < 4.78 is 10.8. The van der Waals surface area contributed by atoms with Gasteiger partial charge < -0.3 is 14.2 Å². The second-order valence-corrected chi connectivity index (χ2v) is 6.76. The lowest BCUT2D eigenvalue weighted by atomic mass is 10.0. The van der Waals surface area contributed by atoms with E-state index in [-0.39, 0.29) is 5.91 Å². The molecule has 1 amide bonds. The van der Waals surface area contributed by atoms with Crippen molar-refractivity contribution in [3.8, 4) is 0 Å². The van der Waals surface area contributed by atoms with Crippen LogP contribution in [0.2, 0.25) is 0 Å².